The number of aromatic nitrogens is 4. The van der Waals surface area contributed by atoms with Crippen molar-refractivity contribution in [3.8, 4) is 10.6 Å². The minimum absolute atomic E-state index is 0.323. The third-order valence-corrected chi connectivity index (χ3v) is 5.39. The highest BCUT2D eigenvalue weighted by atomic mass is 32.1. The van der Waals surface area contributed by atoms with E-state index in [9.17, 15) is 17.6 Å². The van der Waals surface area contributed by atoms with Crippen LogP contribution in [-0.4, -0.2) is 33.0 Å². The summed E-state index contributed by atoms with van der Waals surface area (Å²) in [4.78, 5) is 0. The van der Waals surface area contributed by atoms with Gasteiger partial charge in [0.05, 0.1) is 17.3 Å². The van der Waals surface area contributed by atoms with Gasteiger partial charge in [-0.3, -0.25) is 5.10 Å². The van der Waals surface area contributed by atoms with Crippen LogP contribution in [0.4, 0.5) is 22.7 Å². The van der Waals surface area contributed by atoms with Crippen LogP contribution < -0.4 is 11.1 Å². The van der Waals surface area contributed by atoms with Gasteiger partial charge in [0.25, 0.3) is 0 Å². The Hall–Kier alpha value is -3.05. The van der Waals surface area contributed by atoms with E-state index in [2.05, 4.69) is 25.7 Å². The summed E-state index contributed by atoms with van der Waals surface area (Å²) in [6.07, 6.45) is -2.37. The Morgan fingerprint density at radius 2 is 1.90 bits per heavy atom. The van der Waals surface area contributed by atoms with Crippen molar-refractivity contribution in [2.45, 2.75) is 18.6 Å². The second-order valence-electron chi connectivity index (χ2n) is 6.74. The van der Waals surface area contributed by atoms with E-state index in [0.717, 1.165) is 17.5 Å². The molecule has 2 aromatic heterocycles. The van der Waals surface area contributed by atoms with Crippen molar-refractivity contribution in [2.24, 2.45) is 5.73 Å². The molecule has 156 valence electrons. The number of benzene rings is 2. The fraction of sp³-hybridized carbons (Fsp3) is 0.211. The molecule has 1 atom stereocenters. The van der Waals surface area contributed by atoms with Crippen molar-refractivity contribution in [3.05, 3.63) is 59.5 Å². The molecule has 4 aromatic rings. The van der Waals surface area contributed by atoms with Crippen LogP contribution in [0.5, 0.6) is 0 Å². The number of hydrogen-bond acceptors (Lipinski definition) is 6. The Bertz CT molecular complexity index is 1150. The van der Waals surface area contributed by atoms with Crippen molar-refractivity contribution >= 4 is 27.4 Å². The lowest BCUT2D eigenvalue weighted by Gasteiger charge is -2.13. The van der Waals surface area contributed by atoms with Crippen molar-refractivity contribution in [1.82, 2.24) is 20.4 Å². The molecule has 0 spiro atoms. The third-order valence-electron chi connectivity index (χ3n) is 4.48. The fourth-order valence-electron chi connectivity index (χ4n) is 2.96. The monoisotopic (exact) mass is 436 g/mol. The lowest BCUT2D eigenvalue weighted by Crippen LogP contribution is -2.31. The van der Waals surface area contributed by atoms with Gasteiger partial charge in [-0.25, -0.2) is 4.39 Å². The quantitative estimate of drug-likeness (QED) is 0.394. The van der Waals surface area contributed by atoms with E-state index in [-0.39, 0.29) is 6.04 Å². The number of hydrogen-bond donors (Lipinski definition) is 3. The summed E-state index contributed by atoms with van der Waals surface area (Å²) in [5.41, 5.74) is 6.99. The first-order chi connectivity index (χ1) is 14.3. The molecule has 0 radical (unpaired) electrons. The number of alkyl halides is 3. The summed E-state index contributed by atoms with van der Waals surface area (Å²) in [6.45, 7) is 0.332. The molecule has 11 heteroatoms. The molecule has 0 aliphatic rings. The lowest BCUT2D eigenvalue weighted by molar-refractivity contribution is -0.137. The molecule has 2 heterocycles. The maximum absolute atomic E-state index is 14.3. The molecule has 0 fully saturated rings. The molecule has 2 aromatic carbocycles. The van der Waals surface area contributed by atoms with Crippen LogP contribution in [0.3, 0.4) is 0 Å². The number of rotatable bonds is 6. The molecule has 0 aliphatic heterocycles. The molecule has 0 aliphatic carbocycles. The molecule has 30 heavy (non-hydrogen) atoms. The van der Waals surface area contributed by atoms with Gasteiger partial charge < -0.3 is 11.1 Å². The van der Waals surface area contributed by atoms with Crippen molar-refractivity contribution in [3.63, 3.8) is 0 Å². The van der Waals surface area contributed by atoms with E-state index in [1.807, 2.05) is 0 Å². The summed E-state index contributed by atoms with van der Waals surface area (Å²) < 4.78 is 52.2. The number of halogens is 4. The Morgan fingerprint density at radius 1 is 1.13 bits per heavy atom. The molecule has 0 amide bonds. The van der Waals surface area contributed by atoms with Crippen molar-refractivity contribution in [1.29, 1.82) is 0 Å². The van der Waals surface area contributed by atoms with Crippen LogP contribution in [0.15, 0.2) is 42.6 Å². The number of nitrogens with one attached hydrogen (secondary N) is 2. The Balaban J connectivity index is 1.37. The maximum Gasteiger partial charge on any atom is 0.416 e. The van der Waals surface area contributed by atoms with E-state index in [1.165, 1.54) is 29.5 Å². The average molecular weight is 436 g/mol. The van der Waals surface area contributed by atoms with E-state index < -0.39 is 17.6 Å². The molecule has 4 N–H and O–H groups in total. The number of H-pyrrole nitrogens is 1. The van der Waals surface area contributed by atoms with Gasteiger partial charge in [0.1, 0.15) is 5.82 Å². The van der Waals surface area contributed by atoms with Crippen molar-refractivity contribution in [2.75, 3.05) is 11.9 Å². The maximum atomic E-state index is 14.3. The largest absolute Gasteiger partial charge is 0.416 e. The van der Waals surface area contributed by atoms with Gasteiger partial charge >= 0.3 is 6.18 Å². The fourth-order valence-corrected chi connectivity index (χ4v) is 3.72. The number of nitrogens with zero attached hydrogens (tertiary/aromatic N) is 3. The second-order valence-corrected chi connectivity index (χ2v) is 7.72. The summed E-state index contributed by atoms with van der Waals surface area (Å²) in [5, 5.41) is 19.3. The van der Waals surface area contributed by atoms with Gasteiger partial charge in [-0.05, 0) is 30.2 Å². The van der Waals surface area contributed by atoms with Gasteiger partial charge in [-0.1, -0.05) is 23.5 Å². The summed E-state index contributed by atoms with van der Waals surface area (Å²) in [5.74, 6) is -0.437. The number of nitrogens with two attached hydrogens (primary N) is 1. The molecule has 0 bridgehead atoms. The van der Waals surface area contributed by atoms with Crippen molar-refractivity contribution < 1.29 is 17.6 Å². The summed E-state index contributed by atoms with van der Waals surface area (Å²) in [6, 6.07) is 7.56. The highest BCUT2D eigenvalue weighted by molar-refractivity contribution is 7.18. The number of anilines is 1. The molecule has 6 nitrogen and oxygen atoms in total. The van der Waals surface area contributed by atoms with Crippen LogP contribution >= 0.6 is 11.3 Å². The lowest BCUT2D eigenvalue weighted by atomic mass is 10.0. The zero-order valence-corrected chi connectivity index (χ0v) is 16.2. The molecule has 4 rings (SSSR count). The normalized spacial score (nSPS) is 13.0. The molecular weight excluding hydrogens is 420 g/mol. The van der Waals surface area contributed by atoms with Crippen LogP contribution in [-0.2, 0) is 12.6 Å². The minimum atomic E-state index is -4.36. The third kappa shape index (κ3) is 4.41. The van der Waals surface area contributed by atoms with Crippen LogP contribution in [0.2, 0.25) is 0 Å². The Kier molecular flexibility index (Phi) is 5.39. The van der Waals surface area contributed by atoms with E-state index >= 15 is 0 Å². The van der Waals surface area contributed by atoms with Gasteiger partial charge in [-0.2, -0.15) is 18.3 Å². The summed E-state index contributed by atoms with van der Waals surface area (Å²) in [7, 11) is 0. The van der Waals surface area contributed by atoms with Gasteiger partial charge in [0.2, 0.25) is 5.13 Å². The molecule has 0 saturated heterocycles. The first kappa shape index (κ1) is 20.2. The zero-order valence-electron chi connectivity index (χ0n) is 15.4. The molecule has 1 unspecified atom stereocenters. The first-order valence-corrected chi connectivity index (χ1v) is 9.73. The van der Waals surface area contributed by atoms with E-state index in [0.29, 0.717) is 39.7 Å². The smallest absolute Gasteiger partial charge is 0.359 e. The molecule has 0 saturated carbocycles. The Morgan fingerprint density at radius 3 is 2.63 bits per heavy atom. The predicted molar refractivity (Wildman–Crippen MR) is 107 cm³/mol. The highest BCUT2D eigenvalue weighted by Crippen LogP contribution is 2.31. The second kappa shape index (κ2) is 8.00. The highest BCUT2D eigenvalue weighted by Gasteiger charge is 2.29. The van der Waals surface area contributed by atoms with Crippen LogP contribution in [0.1, 0.15) is 11.1 Å². The van der Waals surface area contributed by atoms with E-state index in [1.54, 1.807) is 12.3 Å². The number of aromatic amines is 1. The SMILES string of the molecule is NC(CNc1nnc(-c2cc3cn[nH]c3cc2F)s1)Cc1ccc(C(F)(F)F)cc1. The predicted octanol–water partition coefficient (Wildman–Crippen LogP) is 4.22. The number of fused-ring (bicyclic) bond motifs is 1. The topological polar surface area (TPSA) is 92.5 Å². The minimum Gasteiger partial charge on any atom is -0.359 e. The van der Waals surface area contributed by atoms with Gasteiger partial charge in [0.15, 0.2) is 5.01 Å². The first-order valence-electron chi connectivity index (χ1n) is 8.91. The standard InChI is InChI=1S/C19H16F4N6S/c20-15-7-16-11(8-26-27-16)6-14(15)17-28-29-18(30-17)25-9-13(24)5-10-1-3-12(4-2-10)19(21,22)23/h1-4,6-8,13H,5,9,24H2,(H,25,29)(H,26,27). The summed E-state index contributed by atoms with van der Waals surface area (Å²) >= 11 is 1.18. The van der Waals surface area contributed by atoms with E-state index in [4.69, 9.17) is 5.73 Å². The van der Waals surface area contributed by atoms with Gasteiger partial charge in [0, 0.05) is 29.6 Å². The van der Waals surface area contributed by atoms with Crippen LogP contribution in [0, 0.1) is 5.82 Å². The van der Waals surface area contributed by atoms with Gasteiger partial charge in [-0.15, -0.1) is 10.2 Å². The van der Waals surface area contributed by atoms with Crippen LogP contribution in [0.25, 0.3) is 21.5 Å². The average Bonchev–Trinajstić information content (AvgIpc) is 3.34. The zero-order chi connectivity index (χ0) is 21.3. The Labute approximate surface area is 172 Å². The molecular formula is C19H16F4N6S.